The Morgan fingerprint density at radius 3 is 2.37 bits per heavy atom. The maximum atomic E-state index is 10.8. The van der Waals surface area contributed by atoms with Gasteiger partial charge in [0.05, 0.1) is 7.11 Å². The van der Waals surface area contributed by atoms with Crippen LogP contribution in [0.2, 0.25) is 0 Å². The lowest BCUT2D eigenvalue weighted by atomic mass is 9.83. The summed E-state index contributed by atoms with van der Waals surface area (Å²) in [5.74, 6) is 0.0622. The molecule has 3 nitrogen and oxygen atoms in total. The summed E-state index contributed by atoms with van der Waals surface area (Å²) < 4.78 is 5.54. The van der Waals surface area contributed by atoms with Crippen LogP contribution in [0.25, 0.3) is 0 Å². The van der Waals surface area contributed by atoms with Crippen LogP contribution in [0.1, 0.15) is 50.8 Å². The second-order valence-corrected chi connectivity index (χ2v) is 5.83. The molecule has 0 fully saturated rings. The number of hydrogen-bond donors (Lipinski definition) is 1. The van der Waals surface area contributed by atoms with Crippen molar-refractivity contribution in [1.29, 1.82) is 0 Å². The molecule has 1 aromatic carbocycles. The third kappa shape index (κ3) is 3.98. The van der Waals surface area contributed by atoms with Crippen molar-refractivity contribution < 1.29 is 14.6 Å². The average Bonchev–Trinajstić information content (AvgIpc) is 2.33. The number of aliphatic carboxylic acids is 1. The molecule has 0 unspecified atom stereocenters. The van der Waals surface area contributed by atoms with Crippen LogP contribution in [0.15, 0.2) is 12.1 Å². The van der Waals surface area contributed by atoms with E-state index in [4.69, 9.17) is 9.84 Å². The Morgan fingerprint density at radius 1 is 1.32 bits per heavy atom. The van der Waals surface area contributed by atoms with Gasteiger partial charge in [0.2, 0.25) is 0 Å². The van der Waals surface area contributed by atoms with Crippen LogP contribution in [0.4, 0.5) is 0 Å². The van der Waals surface area contributed by atoms with Crippen molar-refractivity contribution in [3.63, 3.8) is 0 Å². The van der Waals surface area contributed by atoms with Gasteiger partial charge in [0.15, 0.2) is 0 Å². The fraction of sp³-hybridized carbons (Fsp3) is 0.562. The van der Waals surface area contributed by atoms with Gasteiger partial charge >= 0.3 is 5.97 Å². The third-order valence-corrected chi connectivity index (χ3v) is 3.25. The van der Waals surface area contributed by atoms with Gasteiger partial charge < -0.3 is 9.84 Å². The maximum Gasteiger partial charge on any atom is 0.303 e. The zero-order valence-corrected chi connectivity index (χ0v) is 12.5. The first-order chi connectivity index (χ1) is 8.79. The lowest BCUT2D eigenvalue weighted by molar-refractivity contribution is -0.136. The first-order valence-corrected chi connectivity index (χ1v) is 6.71. The number of carboxylic acid groups (broad SMARTS) is 1. The van der Waals surface area contributed by atoms with Crippen molar-refractivity contribution >= 4 is 5.97 Å². The van der Waals surface area contributed by atoms with Crippen molar-refractivity contribution in [2.75, 3.05) is 7.11 Å². The minimum Gasteiger partial charge on any atom is -0.496 e. The SMILES string of the molecule is CCc1cc(CCC(=O)O)c(OC)c(C(C)(C)C)c1. The number of methoxy groups -OCH3 is 1. The van der Waals surface area contributed by atoms with Gasteiger partial charge in [0, 0.05) is 12.0 Å². The fourth-order valence-electron chi connectivity index (χ4n) is 2.18. The van der Waals surface area contributed by atoms with Crippen molar-refractivity contribution in [1.82, 2.24) is 0 Å². The molecule has 0 aliphatic carbocycles. The van der Waals surface area contributed by atoms with E-state index in [1.165, 1.54) is 5.56 Å². The van der Waals surface area contributed by atoms with Gasteiger partial charge in [-0.25, -0.2) is 0 Å². The highest BCUT2D eigenvalue weighted by Crippen LogP contribution is 2.36. The lowest BCUT2D eigenvalue weighted by Gasteiger charge is -2.25. The average molecular weight is 264 g/mol. The summed E-state index contributed by atoms with van der Waals surface area (Å²) in [6.45, 7) is 8.54. The molecule has 0 aliphatic rings. The molecule has 0 radical (unpaired) electrons. The summed E-state index contributed by atoms with van der Waals surface area (Å²) in [6, 6.07) is 4.24. The van der Waals surface area contributed by atoms with Crippen molar-refractivity contribution in [3.8, 4) is 5.75 Å². The van der Waals surface area contributed by atoms with Crippen molar-refractivity contribution in [2.45, 2.75) is 52.4 Å². The molecule has 106 valence electrons. The Kier molecular flexibility index (Phi) is 4.98. The normalized spacial score (nSPS) is 11.4. The van der Waals surface area contributed by atoms with Crippen LogP contribution in [0.3, 0.4) is 0 Å². The molecule has 0 aromatic heterocycles. The van der Waals surface area contributed by atoms with E-state index in [1.54, 1.807) is 7.11 Å². The minimum absolute atomic E-state index is 0.0193. The molecule has 1 N–H and O–H groups in total. The number of carboxylic acids is 1. The van der Waals surface area contributed by atoms with Crippen LogP contribution in [0, 0.1) is 0 Å². The van der Waals surface area contributed by atoms with Gasteiger partial charge in [-0.1, -0.05) is 39.8 Å². The summed E-state index contributed by atoms with van der Waals surface area (Å²) >= 11 is 0. The number of rotatable bonds is 5. The number of aryl methyl sites for hydroxylation is 2. The summed E-state index contributed by atoms with van der Waals surface area (Å²) in [5, 5.41) is 8.85. The largest absolute Gasteiger partial charge is 0.496 e. The van der Waals surface area contributed by atoms with E-state index in [-0.39, 0.29) is 11.8 Å². The third-order valence-electron chi connectivity index (χ3n) is 3.25. The number of carbonyl (C=O) groups is 1. The molecule has 0 amide bonds. The van der Waals surface area contributed by atoms with E-state index < -0.39 is 5.97 Å². The first kappa shape index (κ1) is 15.5. The zero-order chi connectivity index (χ0) is 14.6. The standard InChI is InChI=1S/C16H24O3/c1-6-11-9-12(7-8-14(17)18)15(19-5)13(10-11)16(2,3)4/h9-10H,6-8H2,1-5H3,(H,17,18). The Balaban J connectivity index is 3.30. The highest BCUT2D eigenvalue weighted by atomic mass is 16.5. The fourth-order valence-corrected chi connectivity index (χ4v) is 2.18. The highest BCUT2D eigenvalue weighted by molar-refractivity contribution is 5.67. The summed E-state index contributed by atoms with van der Waals surface area (Å²) in [7, 11) is 1.65. The molecule has 0 spiro atoms. The highest BCUT2D eigenvalue weighted by Gasteiger charge is 2.22. The van der Waals surface area contributed by atoms with E-state index in [2.05, 4.69) is 39.8 Å². The van der Waals surface area contributed by atoms with Crippen molar-refractivity contribution in [2.24, 2.45) is 0 Å². The van der Waals surface area contributed by atoms with Gasteiger partial charge in [0.25, 0.3) is 0 Å². The van der Waals surface area contributed by atoms with Crippen LogP contribution < -0.4 is 4.74 Å². The predicted octanol–water partition coefficient (Wildman–Crippen LogP) is 3.57. The molecule has 0 aliphatic heterocycles. The number of ether oxygens (including phenoxy) is 1. The summed E-state index contributed by atoms with van der Waals surface area (Å²) in [6.07, 6.45) is 1.58. The van der Waals surface area contributed by atoms with Crippen LogP contribution in [-0.2, 0) is 23.1 Å². The van der Waals surface area contributed by atoms with Gasteiger partial charge in [0.1, 0.15) is 5.75 Å². The topological polar surface area (TPSA) is 46.5 Å². The van der Waals surface area contributed by atoms with E-state index in [9.17, 15) is 4.79 Å². The number of benzene rings is 1. The van der Waals surface area contributed by atoms with Gasteiger partial charge in [-0.2, -0.15) is 0 Å². The maximum absolute atomic E-state index is 10.8. The van der Waals surface area contributed by atoms with Gasteiger partial charge in [-0.05, 0) is 29.4 Å². The summed E-state index contributed by atoms with van der Waals surface area (Å²) in [5.41, 5.74) is 3.35. The predicted molar refractivity (Wildman–Crippen MR) is 77.0 cm³/mol. The molecule has 1 rings (SSSR count). The van der Waals surface area contributed by atoms with Crippen LogP contribution in [0.5, 0.6) is 5.75 Å². The second kappa shape index (κ2) is 6.09. The van der Waals surface area contributed by atoms with Gasteiger partial charge in [-0.3, -0.25) is 4.79 Å². The molecule has 3 heteroatoms. The van der Waals surface area contributed by atoms with E-state index in [0.717, 1.165) is 23.3 Å². The van der Waals surface area contributed by atoms with Crippen molar-refractivity contribution in [3.05, 3.63) is 28.8 Å². The zero-order valence-electron chi connectivity index (χ0n) is 12.5. The van der Waals surface area contributed by atoms with Crippen LogP contribution in [-0.4, -0.2) is 18.2 Å². The quantitative estimate of drug-likeness (QED) is 0.884. The van der Waals surface area contributed by atoms with Gasteiger partial charge in [-0.15, -0.1) is 0 Å². The monoisotopic (exact) mass is 264 g/mol. The van der Waals surface area contributed by atoms with Crippen LogP contribution >= 0.6 is 0 Å². The molecule has 0 atom stereocenters. The van der Waals surface area contributed by atoms with E-state index >= 15 is 0 Å². The molecular weight excluding hydrogens is 240 g/mol. The Hall–Kier alpha value is -1.51. The molecule has 19 heavy (non-hydrogen) atoms. The minimum atomic E-state index is -0.777. The Bertz CT molecular complexity index is 456. The summed E-state index contributed by atoms with van der Waals surface area (Å²) in [4.78, 5) is 10.8. The van der Waals surface area contributed by atoms with E-state index in [1.807, 2.05) is 0 Å². The second-order valence-electron chi connectivity index (χ2n) is 5.83. The van der Waals surface area contributed by atoms with E-state index in [0.29, 0.717) is 6.42 Å². The number of hydrogen-bond acceptors (Lipinski definition) is 2. The lowest BCUT2D eigenvalue weighted by Crippen LogP contribution is -2.15. The molecule has 0 bridgehead atoms. The molecule has 0 saturated heterocycles. The Morgan fingerprint density at radius 2 is 1.95 bits per heavy atom. The molecule has 0 saturated carbocycles. The molecular formula is C16H24O3. The molecule has 0 heterocycles. The Labute approximate surface area is 115 Å². The molecule has 1 aromatic rings. The smallest absolute Gasteiger partial charge is 0.303 e. The first-order valence-electron chi connectivity index (χ1n) is 6.71.